The molecule has 2 unspecified atom stereocenters. The van der Waals surface area contributed by atoms with Crippen LogP contribution >= 0.6 is 11.6 Å². The summed E-state index contributed by atoms with van der Waals surface area (Å²) in [7, 11) is 3.54. The molecule has 1 aliphatic rings. The molecule has 1 aromatic rings. The highest BCUT2D eigenvalue weighted by Crippen LogP contribution is 2.45. The minimum atomic E-state index is -2.54. The first-order valence-corrected chi connectivity index (χ1v) is 6.05. The molecule has 1 heterocycles. The van der Waals surface area contributed by atoms with Gasteiger partial charge in [0, 0.05) is 19.9 Å². The quantitative estimate of drug-likeness (QED) is 0.909. The number of halogens is 3. The molecule has 1 fully saturated rings. The third kappa shape index (κ3) is 2.45. The van der Waals surface area contributed by atoms with E-state index >= 15 is 0 Å². The molecule has 1 N–H and O–H groups in total. The summed E-state index contributed by atoms with van der Waals surface area (Å²) in [5.41, 5.74) is 0.789. The topological polar surface area (TPSA) is 29.9 Å². The molecule has 96 valence electrons. The van der Waals surface area contributed by atoms with E-state index in [1.54, 1.807) is 25.0 Å². The molecule has 0 aliphatic heterocycles. The minimum Gasteiger partial charge on any atom is -0.311 e. The Morgan fingerprint density at radius 2 is 2.35 bits per heavy atom. The smallest absolute Gasteiger partial charge is 0.248 e. The molecule has 0 radical (unpaired) electrons. The zero-order chi connectivity index (χ0) is 12.6. The van der Waals surface area contributed by atoms with Crippen LogP contribution in [0.4, 0.5) is 8.78 Å². The first kappa shape index (κ1) is 12.8. The van der Waals surface area contributed by atoms with Gasteiger partial charge in [-0.1, -0.05) is 11.6 Å². The first-order chi connectivity index (χ1) is 7.94. The summed E-state index contributed by atoms with van der Waals surface area (Å²) >= 11 is 6.06. The van der Waals surface area contributed by atoms with E-state index in [1.807, 2.05) is 0 Å². The Kier molecular flexibility index (Phi) is 3.41. The van der Waals surface area contributed by atoms with Gasteiger partial charge in [0.15, 0.2) is 0 Å². The zero-order valence-electron chi connectivity index (χ0n) is 9.88. The van der Waals surface area contributed by atoms with Crippen LogP contribution in [0.1, 0.15) is 31.0 Å². The molecule has 0 saturated heterocycles. The summed E-state index contributed by atoms with van der Waals surface area (Å²) < 4.78 is 28.2. The summed E-state index contributed by atoms with van der Waals surface area (Å²) in [5, 5.41) is 7.67. The van der Waals surface area contributed by atoms with Crippen LogP contribution in [0.25, 0.3) is 0 Å². The average molecular weight is 264 g/mol. The van der Waals surface area contributed by atoms with Crippen molar-refractivity contribution in [3.8, 4) is 0 Å². The van der Waals surface area contributed by atoms with Gasteiger partial charge in [-0.05, 0) is 19.4 Å². The highest BCUT2D eigenvalue weighted by Gasteiger charge is 2.43. The standard InChI is InChI=1S/C11H16ClF2N3/c1-15-9(7-3-4-11(13,14)5-7)10-8(12)6-16-17(10)2/h6-7,9,15H,3-5H2,1-2H3. The molecule has 0 amide bonds. The highest BCUT2D eigenvalue weighted by molar-refractivity contribution is 6.31. The fraction of sp³-hybridized carbons (Fsp3) is 0.727. The van der Waals surface area contributed by atoms with Crippen molar-refractivity contribution >= 4 is 11.6 Å². The van der Waals surface area contributed by atoms with E-state index in [4.69, 9.17) is 11.6 Å². The monoisotopic (exact) mass is 263 g/mol. The van der Waals surface area contributed by atoms with Crippen LogP contribution in [-0.2, 0) is 7.05 Å². The maximum Gasteiger partial charge on any atom is 0.248 e. The Balaban J connectivity index is 2.23. The van der Waals surface area contributed by atoms with E-state index in [0.29, 0.717) is 11.4 Å². The maximum absolute atomic E-state index is 13.3. The van der Waals surface area contributed by atoms with Crippen molar-refractivity contribution < 1.29 is 8.78 Å². The molecule has 6 heteroatoms. The van der Waals surface area contributed by atoms with E-state index < -0.39 is 5.92 Å². The third-order valence-electron chi connectivity index (χ3n) is 3.46. The number of nitrogens with zero attached hydrogens (tertiary/aromatic N) is 2. The second kappa shape index (κ2) is 4.53. The maximum atomic E-state index is 13.3. The van der Waals surface area contributed by atoms with Gasteiger partial charge in [0.25, 0.3) is 0 Å². The van der Waals surface area contributed by atoms with Crippen LogP contribution in [0.2, 0.25) is 5.02 Å². The van der Waals surface area contributed by atoms with E-state index in [-0.39, 0.29) is 24.8 Å². The Hall–Kier alpha value is -0.680. The summed E-state index contributed by atoms with van der Waals surface area (Å²) in [6, 6.07) is -0.164. The number of nitrogens with one attached hydrogen (secondary N) is 1. The third-order valence-corrected chi connectivity index (χ3v) is 3.75. The van der Waals surface area contributed by atoms with Crippen LogP contribution in [0.3, 0.4) is 0 Å². The van der Waals surface area contributed by atoms with Gasteiger partial charge in [-0.25, -0.2) is 8.78 Å². The van der Waals surface area contributed by atoms with Crippen molar-refractivity contribution in [2.24, 2.45) is 13.0 Å². The fourth-order valence-electron chi connectivity index (χ4n) is 2.63. The van der Waals surface area contributed by atoms with E-state index in [0.717, 1.165) is 5.69 Å². The fourth-order valence-corrected chi connectivity index (χ4v) is 2.92. The zero-order valence-corrected chi connectivity index (χ0v) is 10.6. The lowest BCUT2D eigenvalue weighted by atomic mass is 9.95. The second-order valence-electron chi connectivity index (χ2n) is 4.63. The van der Waals surface area contributed by atoms with E-state index in [2.05, 4.69) is 10.4 Å². The van der Waals surface area contributed by atoms with Crippen molar-refractivity contribution in [1.29, 1.82) is 0 Å². The largest absolute Gasteiger partial charge is 0.311 e. The van der Waals surface area contributed by atoms with Gasteiger partial charge in [-0.15, -0.1) is 0 Å². The van der Waals surface area contributed by atoms with Gasteiger partial charge in [0.1, 0.15) is 0 Å². The molecule has 3 nitrogen and oxygen atoms in total. The van der Waals surface area contributed by atoms with Crippen molar-refractivity contribution in [2.45, 2.75) is 31.2 Å². The highest BCUT2D eigenvalue weighted by atomic mass is 35.5. The SMILES string of the molecule is CNC(c1c(Cl)cnn1C)C1CCC(F)(F)C1. The van der Waals surface area contributed by atoms with Gasteiger partial charge >= 0.3 is 0 Å². The molecule has 2 rings (SSSR count). The molecule has 1 saturated carbocycles. The van der Waals surface area contributed by atoms with Crippen LogP contribution in [0.5, 0.6) is 0 Å². The van der Waals surface area contributed by atoms with Gasteiger partial charge in [-0.3, -0.25) is 4.68 Å². The Morgan fingerprint density at radius 1 is 1.65 bits per heavy atom. The number of hydrogen-bond donors (Lipinski definition) is 1. The van der Waals surface area contributed by atoms with Gasteiger partial charge in [-0.2, -0.15) is 5.10 Å². The molecular weight excluding hydrogens is 248 g/mol. The van der Waals surface area contributed by atoms with Crippen LogP contribution < -0.4 is 5.32 Å². The van der Waals surface area contributed by atoms with Crippen molar-refractivity contribution in [2.75, 3.05) is 7.05 Å². The molecule has 2 atom stereocenters. The molecule has 1 aromatic heterocycles. The van der Waals surface area contributed by atoms with Gasteiger partial charge in [0.05, 0.1) is 23.0 Å². The molecule has 0 spiro atoms. The summed E-state index contributed by atoms with van der Waals surface area (Å²) in [6.07, 6.45) is 1.94. The summed E-state index contributed by atoms with van der Waals surface area (Å²) in [6.45, 7) is 0. The average Bonchev–Trinajstić information content (AvgIpc) is 2.76. The number of aryl methyl sites for hydroxylation is 1. The number of rotatable bonds is 3. The van der Waals surface area contributed by atoms with Gasteiger partial charge < -0.3 is 5.32 Å². The van der Waals surface area contributed by atoms with E-state index in [9.17, 15) is 8.78 Å². The van der Waals surface area contributed by atoms with Gasteiger partial charge in [0.2, 0.25) is 5.92 Å². The number of hydrogen-bond acceptors (Lipinski definition) is 2. The van der Waals surface area contributed by atoms with Crippen molar-refractivity contribution in [3.05, 3.63) is 16.9 Å². The summed E-state index contributed by atoms with van der Waals surface area (Å²) in [5.74, 6) is -2.63. The Morgan fingerprint density at radius 3 is 2.76 bits per heavy atom. The lowest BCUT2D eigenvalue weighted by Crippen LogP contribution is -2.27. The number of aromatic nitrogens is 2. The number of alkyl halides is 2. The van der Waals surface area contributed by atoms with E-state index in [1.165, 1.54) is 0 Å². The first-order valence-electron chi connectivity index (χ1n) is 5.67. The second-order valence-corrected chi connectivity index (χ2v) is 5.03. The molecule has 17 heavy (non-hydrogen) atoms. The molecule has 1 aliphatic carbocycles. The van der Waals surface area contributed by atoms with Crippen molar-refractivity contribution in [1.82, 2.24) is 15.1 Å². The summed E-state index contributed by atoms with van der Waals surface area (Å²) in [4.78, 5) is 0. The molecule has 0 bridgehead atoms. The molecular formula is C11H16ClF2N3. The normalized spacial score (nSPS) is 25.1. The van der Waals surface area contributed by atoms with Crippen LogP contribution in [0, 0.1) is 5.92 Å². The predicted molar refractivity (Wildman–Crippen MR) is 62.3 cm³/mol. The van der Waals surface area contributed by atoms with Crippen LogP contribution in [0.15, 0.2) is 6.20 Å². The van der Waals surface area contributed by atoms with Crippen molar-refractivity contribution in [3.63, 3.8) is 0 Å². The van der Waals surface area contributed by atoms with Crippen LogP contribution in [-0.4, -0.2) is 22.8 Å². The lowest BCUT2D eigenvalue weighted by Gasteiger charge is -2.23. The predicted octanol–water partition coefficient (Wildman–Crippen LogP) is 2.77. The minimum absolute atomic E-state index is 0.0364. The molecule has 0 aromatic carbocycles. The Bertz CT molecular complexity index is 386. The Labute approximate surface area is 104 Å². The lowest BCUT2D eigenvalue weighted by molar-refractivity contribution is 0.00326.